The molecular weight excluding hydrogens is 294 g/mol. The van der Waals surface area contributed by atoms with Gasteiger partial charge in [-0.3, -0.25) is 0 Å². The van der Waals surface area contributed by atoms with Crippen LogP contribution in [0.3, 0.4) is 0 Å². The summed E-state index contributed by atoms with van der Waals surface area (Å²) in [5.74, 6) is -0.945. The summed E-state index contributed by atoms with van der Waals surface area (Å²) >= 11 is 0. The van der Waals surface area contributed by atoms with Crippen molar-refractivity contribution < 1.29 is 14.6 Å². The normalized spacial score (nSPS) is 11.7. The molecule has 116 valence electrons. The van der Waals surface area contributed by atoms with Crippen molar-refractivity contribution in [3.05, 3.63) is 72.6 Å². The second-order valence-electron chi connectivity index (χ2n) is 4.93. The zero-order chi connectivity index (χ0) is 16.1. The Morgan fingerprint density at radius 2 is 1.70 bits per heavy atom. The van der Waals surface area contributed by atoms with Crippen molar-refractivity contribution in [2.75, 3.05) is 0 Å². The summed E-state index contributed by atoms with van der Waals surface area (Å²) in [6.45, 7) is 1.75. The number of nitrogens with zero attached hydrogens (tertiary/aromatic N) is 3. The smallest absolute Gasteiger partial charge is 0.247 e. The number of hydrogen-bond donors (Lipinski definition) is 0. The molecule has 0 aliphatic heterocycles. The Labute approximate surface area is 133 Å². The summed E-state index contributed by atoms with van der Waals surface area (Å²) in [6.07, 6.45) is 1.49. The highest BCUT2D eigenvalue weighted by molar-refractivity contribution is 5.77. The Balaban J connectivity index is 1.61. The van der Waals surface area contributed by atoms with Crippen LogP contribution in [0.5, 0.6) is 6.01 Å². The van der Waals surface area contributed by atoms with Crippen molar-refractivity contribution in [3.8, 4) is 11.7 Å². The minimum Gasteiger partial charge on any atom is -0.247 e. The molecule has 1 atom stereocenters. The van der Waals surface area contributed by atoms with Gasteiger partial charge in [-0.2, -0.15) is 4.98 Å². The third-order valence-electron chi connectivity index (χ3n) is 3.34. The zero-order valence-electron chi connectivity index (χ0n) is 12.5. The predicted molar refractivity (Wildman–Crippen MR) is 82.9 cm³/mol. The zero-order valence-corrected chi connectivity index (χ0v) is 12.5. The van der Waals surface area contributed by atoms with Gasteiger partial charge in [0.25, 0.3) is 0 Å². The summed E-state index contributed by atoms with van der Waals surface area (Å²) in [5.41, 5.74) is 1.68. The summed E-state index contributed by atoms with van der Waals surface area (Å²) in [6, 6.07) is 18.7. The van der Waals surface area contributed by atoms with Crippen LogP contribution in [0.2, 0.25) is 0 Å². The number of benzene rings is 2. The molecule has 0 radical (unpaired) electrons. The van der Waals surface area contributed by atoms with Gasteiger partial charge in [0, 0.05) is 0 Å². The van der Waals surface area contributed by atoms with Crippen LogP contribution in [0.1, 0.15) is 18.4 Å². The third-order valence-corrected chi connectivity index (χ3v) is 3.34. The molecule has 0 fully saturated rings. The highest BCUT2D eigenvalue weighted by Crippen LogP contribution is 2.17. The molecule has 6 heteroatoms. The molecule has 0 aliphatic carbocycles. The lowest BCUT2D eigenvalue weighted by atomic mass is 10.0. The van der Waals surface area contributed by atoms with Gasteiger partial charge in [-0.05, 0) is 24.6 Å². The fourth-order valence-electron chi connectivity index (χ4n) is 2.02. The molecule has 1 aromatic heterocycles. The van der Waals surface area contributed by atoms with Crippen LogP contribution in [-0.4, -0.2) is 20.7 Å². The highest BCUT2D eigenvalue weighted by atomic mass is 17.2. The second kappa shape index (κ2) is 6.74. The predicted octanol–water partition coefficient (Wildman–Crippen LogP) is 2.91. The maximum Gasteiger partial charge on any atom is 0.385 e. The van der Waals surface area contributed by atoms with E-state index in [1.807, 2.05) is 60.7 Å². The number of para-hydroxylation sites is 1. The van der Waals surface area contributed by atoms with Crippen molar-refractivity contribution in [3.63, 3.8) is 0 Å². The Morgan fingerprint density at radius 1 is 1.04 bits per heavy atom. The molecule has 3 aromatic rings. The summed E-state index contributed by atoms with van der Waals surface area (Å²) in [7, 11) is 0. The molecule has 0 saturated heterocycles. The second-order valence-corrected chi connectivity index (χ2v) is 4.93. The van der Waals surface area contributed by atoms with Crippen LogP contribution in [0, 0.1) is 0 Å². The molecule has 23 heavy (non-hydrogen) atoms. The molecular formula is C17H15N3O3. The van der Waals surface area contributed by atoms with Crippen LogP contribution in [0.4, 0.5) is 0 Å². The molecule has 3 rings (SSSR count). The average molecular weight is 309 g/mol. The van der Waals surface area contributed by atoms with Gasteiger partial charge in [0.1, 0.15) is 6.33 Å². The van der Waals surface area contributed by atoms with Crippen LogP contribution in [0.25, 0.3) is 5.69 Å². The van der Waals surface area contributed by atoms with Crippen molar-refractivity contribution in [1.82, 2.24) is 14.8 Å². The Hall–Kier alpha value is -3.15. The minimum absolute atomic E-state index is 0.0255. The van der Waals surface area contributed by atoms with Gasteiger partial charge >= 0.3 is 12.0 Å². The number of aromatic nitrogens is 3. The van der Waals surface area contributed by atoms with Gasteiger partial charge in [0.05, 0.1) is 11.6 Å². The fourth-order valence-corrected chi connectivity index (χ4v) is 2.02. The summed E-state index contributed by atoms with van der Waals surface area (Å²) in [4.78, 5) is 25.7. The van der Waals surface area contributed by atoms with E-state index in [9.17, 15) is 4.79 Å². The summed E-state index contributed by atoms with van der Waals surface area (Å²) in [5, 5.41) is 4.09. The SMILES string of the molecule is CC(C(=O)OOc1ncn(-c2ccccc2)n1)c1ccccc1. The molecule has 0 bridgehead atoms. The molecule has 0 aliphatic rings. The van der Waals surface area contributed by atoms with Gasteiger partial charge in [0.15, 0.2) is 0 Å². The van der Waals surface area contributed by atoms with E-state index < -0.39 is 11.9 Å². The molecule has 1 unspecified atom stereocenters. The van der Waals surface area contributed by atoms with Gasteiger partial charge in [0.2, 0.25) is 0 Å². The Kier molecular flexibility index (Phi) is 4.33. The van der Waals surface area contributed by atoms with Gasteiger partial charge in [-0.25, -0.2) is 19.3 Å². The monoisotopic (exact) mass is 309 g/mol. The number of hydrogen-bond acceptors (Lipinski definition) is 5. The van der Waals surface area contributed by atoms with E-state index in [2.05, 4.69) is 10.1 Å². The van der Waals surface area contributed by atoms with Crippen molar-refractivity contribution in [2.24, 2.45) is 0 Å². The van der Waals surface area contributed by atoms with Crippen molar-refractivity contribution in [2.45, 2.75) is 12.8 Å². The lowest BCUT2D eigenvalue weighted by Gasteiger charge is -2.08. The van der Waals surface area contributed by atoms with Crippen LogP contribution in [-0.2, 0) is 9.68 Å². The lowest BCUT2D eigenvalue weighted by molar-refractivity contribution is -0.218. The number of rotatable bonds is 5. The van der Waals surface area contributed by atoms with Gasteiger partial charge in [-0.1, -0.05) is 48.5 Å². The van der Waals surface area contributed by atoms with Crippen molar-refractivity contribution >= 4 is 5.97 Å². The van der Waals surface area contributed by atoms with E-state index in [0.717, 1.165) is 11.3 Å². The van der Waals surface area contributed by atoms with E-state index in [1.54, 1.807) is 6.92 Å². The van der Waals surface area contributed by atoms with Crippen LogP contribution < -0.4 is 4.89 Å². The standard InChI is InChI=1S/C17H15N3O3/c1-13(14-8-4-2-5-9-14)16(21)22-23-17-18-12-20(19-17)15-10-6-3-7-11-15/h2-13H,1H3. The largest absolute Gasteiger partial charge is 0.385 e. The Bertz CT molecular complexity index is 772. The minimum atomic E-state index is -0.507. The van der Waals surface area contributed by atoms with Gasteiger partial charge < -0.3 is 0 Å². The topological polar surface area (TPSA) is 66.2 Å². The number of carbonyl (C=O) groups excluding carboxylic acids is 1. The molecule has 0 saturated carbocycles. The first-order valence-electron chi connectivity index (χ1n) is 7.14. The quantitative estimate of drug-likeness (QED) is 0.535. The molecule has 2 aromatic carbocycles. The molecule has 1 heterocycles. The van der Waals surface area contributed by atoms with E-state index in [1.165, 1.54) is 11.0 Å². The number of carbonyl (C=O) groups is 1. The Morgan fingerprint density at radius 3 is 2.39 bits per heavy atom. The summed E-state index contributed by atoms with van der Waals surface area (Å²) < 4.78 is 1.53. The molecule has 0 amide bonds. The molecule has 0 spiro atoms. The first-order valence-corrected chi connectivity index (χ1v) is 7.14. The van der Waals surface area contributed by atoms with Gasteiger partial charge in [-0.15, -0.1) is 5.10 Å². The third kappa shape index (κ3) is 3.55. The average Bonchev–Trinajstić information content (AvgIpc) is 3.09. The lowest BCUT2D eigenvalue weighted by Crippen LogP contribution is -2.15. The van der Waals surface area contributed by atoms with E-state index in [4.69, 9.17) is 9.78 Å². The highest BCUT2D eigenvalue weighted by Gasteiger charge is 2.19. The van der Waals surface area contributed by atoms with E-state index in [-0.39, 0.29) is 6.01 Å². The maximum absolute atomic E-state index is 12.0. The maximum atomic E-state index is 12.0. The van der Waals surface area contributed by atoms with E-state index >= 15 is 0 Å². The molecule has 6 nitrogen and oxygen atoms in total. The fraction of sp³-hybridized carbons (Fsp3) is 0.118. The van der Waals surface area contributed by atoms with Crippen LogP contribution >= 0.6 is 0 Å². The first-order chi connectivity index (χ1) is 11.2. The van der Waals surface area contributed by atoms with Crippen molar-refractivity contribution in [1.29, 1.82) is 0 Å². The first kappa shape index (κ1) is 14.8. The van der Waals surface area contributed by atoms with E-state index in [0.29, 0.717) is 0 Å². The van der Waals surface area contributed by atoms with Crippen LogP contribution in [0.15, 0.2) is 67.0 Å². The molecule has 0 N–H and O–H groups in total.